The van der Waals surface area contributed by atoms with Crippen LogP contribution in [0.4, 0.5) is 0 Å². The SMILES string of the molecule is COc1cc(C)ccc1CCC(=O)C(=O)NCCc1ccc(C)cn1. The van der Waals surface area contributed by atoms with E-state index in [1.165, 1.54) is 0 Å². The van der Waals surface area contributed by atoms with Crippen molar-refractivity contribution in [1.29, 1.82) is 0 Å². The molecule has 0 fully saturated rings. The fraction of sp³-hybridized carbons (Fsp3) is 0.350. The molecule has 0 saturated heterocycles. The van der Waals surface area contributed by atoms with Crippen molar-refractivity contribution in [2.24, 2.45) is 0 Å². The van der Waals surface area contributed by atoms with Crippen LogP contribution in [-0.4, -0.2) is 30.3 Å². The maximum absolute atomic E-state index is 12.0. The summed E-state index contributed by atoms with van der Waals surface area (Å²) in [4.78, 5) is 28.2. The number of methoxy groups -OCH3 is 1. The number of amides is 1. The Bertz CT molecular complexity index is 739. The minimum absolute atomic E-state index is 0.161. The molecular formula is C20H24N2O3. The van der Waals surface area contributed by atoms with Gasteiger partial charge in [-0.2, -0.15) is 0 Å². The highest BCUT2D eigenvalue weighted by atomic mass is 16.5. The fourth-order valence-corrected chi connectivity index (χ4v) is 2.47. The van der Waals surface area contributed by atoms with Gasteiger partial charge in [-0.05, 0) is 49.1 Å². The number of Topliss-reactive ketones (excluding diaryl/α,β-unsaturated/α-hetero) is 1. The lowest BCUT2D eigenvalue weighted by molar-refractivity contribution is -0.137. The van der Waals surface area contributed by atoms with Crippen molar-refractivity contribution in [2.45, 2.75) is 33.1 Å². The molecule has 0 saturated carbocycles. The van der Waals surface area contributed by atoms with Gasteiger partial charge in [0, 0.05) is 31.3 Å². The molecule has 0 bridgehead atoms. The van der Waals surface area contributed by atoms with E-state index in [4.69, 9.17) is 4.74 Å². The van der Waals surface area contributed by atoms with Crippen molar-refractivity contribution in [1.82, 2.24) is 10.3 Å². The van der Waals surface area contributed by atoms with Gasteiger partial charge >= 0.3 is 0 Å². The second-order valence-electron chi connectivity index (χ2n) is 6.07. The van der Waals surface area contributed by atoms with Crippen LogP contribution in [0.3, 0.4) is 0 Å². The normalized spacial score (nSPS) is 10.4. The zero-order valence-corrected chi connectivity index (χ0v) is 15.0. The third-order valence-electron chi connectivity index (χ3n) is 3.96. The van der Waals surface area contributed by atoms with E-state index >= 15 is 0 Å². The van der Waals surface area contributed by atoms with Crippen LogP contribution < -0.4 is 10.1 Å². The first-order chi connectivity index (χ1) is 12.0. The van der Waals surface area contributed by atoms with Crippen LogP contribution in [0.2, 0.25) is 0 Å². The number of ether oxygens (including phenoxy) is 1. The number of ketones is 1. The summed E-state index contributed by atoms with van der Waals surface area (Å²) in [6.07, 6.45) is 3.03. The number of aryl methyl sites for hydroxylation is 3. The van der Waals surface area contributed by atoms with Crippen LogP contribution in [-0.2, 0) is 22.4 Å². The molecule has 5 heteroatoms. The van der Waals surface area contributed by atoms with Gasteiger partial charge in [-0.1, -0.05) is 18.2 Å². The average molecular weight is 340 g/mol. The number of aromatic nitrogens is 1. The van der Waals surface area contributed by atoms with E-state index in [1.54, 1.807) is 13.3 Å². The van der Waals surface area contributed by atoms with E-state index in [1.807, 2.05) is 44.2 Å². The molecule has 1 aromatic carbocycles. The minimum atomic E-state index is -0.543. The summed E-state index contributed by atoms with van der Waals surface area (Å²) >= 11 is 0. The molecule has 0 aliphatic carbocycles. The fourth-order valence-electron chi connectivity index (χ4n) is 2.47. The highest BCUT2D eigenvalue weighted by Crippen LogP contribution is 2.21. The van der Waals surface area contributed by atoms with Gasteiger partial charge < -0.3 is 10.1 Å². The number of rotatable bonds is 8. The molecule has 1 N–H and O–H groups in total. The van der Waals surface area contributed by atoms with E-state index in [0.29, 0.717) is 19.4 Å². The minimum Gasteiger partial charge on any atom is -0.496 e. The molecule has 0 aliphatic heterocycles. The molecule has 1 heterocycles. The molecule has 0 spiro atoms. The number of hydrogen-bond acceptors (Lipinski definition) is 4. The standard InChI is InChI=1S/C20H24N2O3/c1-14-4-6-16(19(12-14)25-3)7-9-18(23)20(24)21-11-10-17-8-5-15(2)13-22-17/h4-6,8,12-13H,7,9-11H2,1-3H3,(H,21,24). The molecule has 2 aromatic rings. The summed E-state index contributed by atoms with van der Waals surface area (Å²) in [5.74, 6) is -0.212. The molecule has 0 atom stereocenters. The third-order valence-corrected chi connectivity index (χ3v) is 3.96. The Hall–Kier alpha value is -2.69. The van der Waals surface area contributed by atoms with Crippen molar-refractivity contribution < 1.29 is 14.3 Å². The summed E-state index contributed by atoms with van der Waals surface area (Å²) in [6, 6.07) is 9.73. The predicted molar refractivity (Wildman–Crippen MR) is 96.7 cm³/mol. The Morgan fingerprint density at radius 1 is 1.08 bits per heavy atom. The number of nitrogens with one attached hydrogen (secondary N) is 1. The highest BCUT2D eigenvalue weighted by Gasteiger charge is 2.14. The number of carbonyl (C=O) groups is 2. The lowest BCUT2D eigenvalue weighted by Gasteiger charge is -2.09. The van der Waals surface area contributed by atoms with Crippen LogP contribution >= 0.6 is 0 Å². The number of pyridine rings is 1. The summed E-state index contributed by atoms with van der Waals surface area (Å²) in [6.45, 7) is 4.35. The molecule has 132 valence electrons. The second kappa shape index (κ2) is 8.97. The topological polar surface area (TPSA) is 68.3 Å². The quantitative estimate of drug-likeness (QED) is 0.750. The van der Waals surface area contributed by atoms with Gasteiger partial charge in [0.1, 0.15) is 5.75 Å². The van der Waals surface area contributed by atoms with Crippen molar-refractivity contribution in [3.63, 3.8) is 0 Å². The lowest BCUT2D eigenvalue weighted by Crippen LogP contribution is -2.32. The van der Waals surface area contributed by atoms with E-state index in [0.717, 1.165) is 28.1 Å². The summed E-state index contributed by atoms with van der Waals surface area (Å²) in [5.41, 5.74) is 4.00. The van der Waals surface area contributed by atoms with Gasteiger partial charge in [0.25, 0.3) is 5.91 Å². The molecule has 0 aliphatic rings. The molecule has 1 amide bonds. The average Bonchev–Trinajstić information content (AvgIpc) is 2.61. The number of hydrogen-bond donors (Lipinski definition) is 1. The Morgan fingerprint density at radius 2 is 1.84 bits per heavy atom. The monoisotopic (exact) mass is 340 g/mol. The first-order valence-electron chi connectivity index (χ1n) is 8.35. The van der Waals surface area contributed by atoms with E-state index in [9.17, 15) is 9.59 Å². The van der Waals surface area contributed by atoms with Crippen molar-refractivity contribution >= 4 is 11.7 Å². The summed E-state index contributed by atoms with van der Waals surface area (Å²) in [7, 11) is 1.60. The van der Waals surface area contributed by atoms with E-state index < -0.39 is 11.7 Å². The van der Waals surface area contributed by atoms with Crippen LogP contribution in [0.25, 0.3) is 0 Å². The van der Waals surface area contributed by atoms with E-state index in [2.05, 4.69) is 10.3 Å². The highest BCUT2D eigenvalue weighted by molar-refractivity contribution is 6.36. The van der Waals surface area contributed by atoms with Gasteiger partial charge in [0.2, 0.25) is 5.78 Å². The van der Waals surface area contributed by atoms with Crippen molar-refractivity contribution in [3.05, 3.63) is 58.9 Å². The number of nitrogens with zero attached hydrogens (tertiary/aromatic N) is 1. The Morgan fingerprint density at radius 3 is 2.52 bits per heavy atom. The van der Waals surface area contributed by atoms with Gasteiger partial charge in [-0.25, -0.2) is 0 Å². The lowest BCUT2D eigenvalue weighted by atomic mass is 10.0. The number of carbonyl (C=O) groups excluding carboxylic acids is 2. The third kappa shape index (κ3) is 5.71. The molecule has 25 heavy (non-hydrogen) atoms. The van der Waals surface area contributed by atoms with Gasteiger partial charge in [-0.15, -0.1) is 0 Å². The first kappa shape index (κ1) is 18.6. The smallest absolute Gasteiger partial charge is 0.287 e. The summed E-state index contributed by atoms with van der Waals surface area (Å²) in [5, 5.41) is 2.66. The molecule has 0 radical (unpaired) electrons. The van der Waals surface area contributed by atoms with Crippen LogP contribution in [0.1, 0.15) is 28.8 Å². The maximum atomic E-state index is 12.0. The van der Waals surface area contributed by atoms with Crippen molar-refractivity contribution in [2.75, 3.05) is 13.7 Å². The first-order valence-corrected chi connectivity index (χ1v) is 8.35. The van der Waals surface area contributed by atoms with Gasteiger partial charge in [-0.3, -0.25) is 14.6 Å². The molecule has 2 rings (SSSR count). The van der Waals surface area contributed by atoms with Gasteiger partial charge in [0.05, 0.1) is 7.11 Å². The zero-order valence-electron chi connectivity index (χ0n) is 15.0. The molecule has 1 aromatic heterocycles. The van der Waals surface area contributed by atoms with Crippen LogP contribution in [0.15, 0.2) is 36.5 Å². The van der Waals surface area contributed by atoms with Crippen LogP contribution in [0, 0.1) is 13.8 Å². The Balaban J connectivity index is 1.78. The zero-order chi connectivity index (χ0) is 18.2. The molecular weight excluding hydrogens is 316 g/mol. The number of benzene rings is 1. The second-order valence-corrected chi connectivity index (χ2v) is 6.07. The predicted octanol–water partition coefficient (Wildman–Crippen LogP) is 2.57. The van der Waals surface area contributed by atoms with E-state index in [-0.39, 0.29) is 6.42 Å². The summed E-state index contributed by atoms with van der Waals surface area (Å²) < 4.78 is 5.32. The van der Waals surface area contributed by atoms with Crippen LogP contribution in [0.5, 0.6) is 5.75 Å². The maximum Gasteiger partial charge on any atom is 0.287 e. The largest absolute Gasteiger partial charge is 0.496 e. The molecule has 0 unspecified atom stereocenters. The van der Waals surface area contributed by atoms with Gasteiger partial charge in [0.15, 0.2) is 0 Å². The Labute approximate surface area is 148 Å². The molecule has 5 nitrogen and oxygen atoms in total. The Kier molecular flexibility index (Phi) is 6.69. The van der Waals surface area contributed by atoms with Crippen molar-refractivity contribution in [3.8, 4) is 5.75 Å².